The molecule has 0 unspecified atom stereocenters. The first kappa shape index (κ1) is 37.0. The molecule has 286 valence electrons. The maximum absolute atomic E-state index is 4.40. The van der Waals surface area contributed by atoms with E-state index in [0.29, 0.717) is 0 Å². The molecule has 10 rings (SSSR count). The maximum Gasteiger partial charge on any atom is 0.0352 e. The van der Waals surface area contributed by atoms with Gasteiger partial charge in [0.05, 0.1) is 0 Å². The van der Waals surface area contributed by atoms with Crippen molar-refractivity contribution in [2.75, 3.05) is 0 Å². The van der Waals surface area contributed by atoms with Crippen LogP contribution < -0.4 is 0 Å². The van der Waals surface area contributed by atoms with Crippen molar-refractivity contribution in [1.29, 1.82) is 0 Å². The van der Waals surface area contributed by atoms with E-state index in [4.69, 9.17) is 0 Å². The van der Waals surface area contributed by atoms with Gasteiger partial charge in [0.15, 0.2) is 0 Å². The van der Waals surface area contributed by atoms with Crippen LogP contribution in [0.1, 0.15) is 11.1 Å². The Hall–Kier alpha value is -8.30. The van der Waals surface area contributed by atoms with Crippen molar-refractivity contribution in [3.63, 3.8) is 0 Å². The molecule has 0 aliphatic heterocycles. The van der Waals surface area contributed by atoms with Crippen molar-refractivity contribution in [2.24, 2.45) is 0 Å². The first-order valence-corrected chi connectivity index (χ1v) is 20.3. The van der Waals surface area contributed by atoms with Crippen LogP contribution in [0.3, 0.4) is 0 Å². The molecule has 0 N–H and O–H groups in total. The smallest absolute Gasteiger partial charge is 0.0352 e. The Morgan fingerprint density at radius 3 is 0.984 bits per heavy atom. The van der Waals surface area contributed by atoms with Gasteiger partial charge in [0, 0.05) is 77.4 Å². The molecule has 0 fully saturated rings. The fourth-order valence-corrected chi connectivity index (χ4v) is 7.87. The molecule has 1 aliphatic carbocycles. The first-order chi connectivity index (χ1) is 30.2. The van der Waals surface area contributed by atoms with Crippen LogP contribution in [0, 0.1) is 0 Å². The lowest BCUT2D eigenvalue weighted by Gasteiger charge is -2.16. The third kappa shape index (κ3) is 8.21. The largest absolute Gasteiger partial charge is 0.264 e. The Balaban J connectivity index is 1.17. The molecule has 4 heterocycles. The average Bonchev–Trinajstić information content (AvgIpc) is 3.62. The van der Waals surface area contributed by atoms with Crippen LogP contribution in [-0.2, 0) is 0 Å². The highest BCUT2D eigenvalue weighted by atomic mass is 14.6. The molecule has 5 aromatic carbocycles. The van der Waals surface area contributed by atoms with E-state index in [-0.39, 0.29) is 0 Å². The lowest BCUT2D eigenvalue weighted by atomic mass is 9.88. The van der Waals surface area contributed by atoms with Gasteiger partial charge in [-0.15, -0.1) is 5.73 Å². The molecule has 0 amide bonds. The molecule has 0 saturated heterocycles. The van der Waals surface area contributed by atoms with E-state index in [1.807, 2.05) is 67.6 Å². The SMILES string of the molecule is C1=CC(c2cc(-c3cccc(-c4cccnc4)c3)cc(-c3cc(-c4cccc(-c5cccnc5)c4)cc(-c4cccc(-c5cccnc5)c4)c3)c2)=CC=CC=1c1cccnc1. The number of allylic oxidation sites excluding steroid dienone is 5. The lowest BCUT2D eigenvalue weighted by molar-refractivity contribution is 1.31. The highest BCUT2D eigenvalue weighted by Gasteiger charge is 2.14. The molecular formula is C57H38N4. The monoisotopic (exact) mass is 778 g/mol. The zero-order valence-corrected chi connectivity index (χ0v) is 33.2. The number of nitrogens with zero attached hydrogens (tertiary/aromatic N) is 4. The second-order valence-corrected chi connectivity index (χ2v) is 15.0. The standard InChI is InChI=1S/C57H38N4/c1-9-40(48-17-5-23-58-36-48)21-22-41(10-1)52-30-53(45-14-2-11-42(27-45)49-18-6-24-59-37-49)33-56(31-52)57-34-54(46-15-3-12-43(28-46)50-19-7-25-60-38-50)32-55(35-57)47-16-4-13-44(29-47)51-20-8-26-61-39-51/h1-20,22-39H. The van der Waals surface area contributed by atoms with E-state index in [1.165, 1.54) is 0 Å². The molecule has 0 atom stereocenters. The van der Waals surface area contributed by atoms with E-state index < -0.39 is 0 Å². The van der Waals surface area contributed by atoms with Crippen molar-refractivity contribution in [3.8, 4) is 77.9 Å². The normalized spacial score (nSPS) is 12.1. The van der Waals surface area contributed by atoms with Crippen molar-refractivity contribution < 1.29 is 0 Å². The van der Waals surface area contributed by atoms with E-state index in [1.54, 1.807) is 6.20 Å². The van der Waals surface area contributed by atoms with Crippen LogP contribution in [0.4, 0.5) is 0 Å². The minimum absolute atomic E-state index is 0.985. The first-order valence-electron chi connectivity index (χ1n) is 20.3. The number of benzene rings is 5. The van der Waals surface area contributed by atoms with Gasteiger partial charge in [-0.3, -0.25) is 19.9 Å². The highest BCUT2D eigenvalue weighted by Crippen LogP contribution is 2.39. The zero-order valence-electron chi connectivity index (χ0n) is 33.2. The van der Waals surface area contributed by atoms with Gasteiger partial charge >= 0.3 is 0 Å². The molecular weight excluding hydrogens is 741 g/mol. The summed E-state index contributed by atoms with van der Waals surface area (Å²) in [5.41, 5.74) is 23.3. The van der Waals surface area contributed by atoms with Crippen LogP contribution >= 0.6 is 0 Å². The third-order valence-electron chi connectivity index (χ3n) is 11.0. The van der Waals surface area contributed by atoms with Crippen LogP contribution in [0.15, 0.2) is 237 Å². The van der Waals surface area contributed by atoms with Crippen LogP contribution in [0.2, 0.25) is 0 Å². The minimum atomic E-state index is 0.985. The summed E-state index contributed by atoms with van der Waals surface area (Å²) in [6.07, 6.45) is 23.3. The van der Waals surface area contributed by atoms with Gasteiger partial charge in [0.1, 0.15) is 0 Å². The fraction of sp³-hybridized carbons (Fsp3) is 0. The van der Waals surface area contributed by atoms with Gasteiger partial charge < -0.3 is 0 Å². The number of pyridine rings is 4. The van der Waals surface area contributed by atoms with Gasteiger partial charge in [0.2, 0.25) is 0 Å². The second-order valence-electron chi connectivity index (χ2n) is 15.0. The highest BCUT2D eigenvalue weighted by molar-refractivity contribution is 5.90. The summed E-state index contributed by atoms with van der Waals surface area (Å²) in [7, 11) is 0. The Bertz CT molecular complexity index is 3040. The molecule has 4 aromatic heterocycles. The predicted molar refractivity (Wildman–Crippen MR) is 251 cm³/mol. The summed E-state index contributed by atoms with van der Waals surface area (Å²) in [5.74, 6) is 0. The average molecular weight is 779 g/mol. The summed E-state index contributed by atoms with van der Waals surface area (Å²) in [6.45, 7) is 0. The van der Waals surface area contributed by atoms with E-state index in [9.17, 15) is 0 Å². The summed E-state index contributed by atoms with van der Waals surface area (Å²) in [6, 6.07) is 56.4. The van der Waals surface area contributed by atoms with Crippen molar-refractivity contribution in [3.05, 3.63) is 248 Å². The molecule has 0 saturated carbocycles. The van der Waals surface area contributed by atoms with Gasteiger partial charge in [-0.05, 0) is 163 Å². The molecule has 4 heteroatoms. The van der Waals surface area contributed by atoms with Gasteiger partial charge in [-0.1, -0.05) is 91.0 Å². The quantitative estimate of drug-likeness (QED) is 0.137. The van der Waals surface area contributed by atoms with E-state index in [0.717, 1.165) is 100 Å². The van der Waals surface area contributed by atoms with Gasteiger partial charge in [-0.25, -0.2) is 0 Å². The van der Waals surface area contributed by atoms with E-state index >= 15 is 0 Å². The summed E-state index contributed by atoms with van der Waals surface area (Å²) in [5, 5.41) is 0. The maximum atomic E-state index is 4.40. The summed E-state index contributed by atoms with van der Waals surface area (Å²) < 4.78 is 0. The van der Waals surface area contributed by atoms with Crippen LogP contribution in [-0.4, -0.2) is 19.9 Å². The lowest BCUT2D eigenvalue weighted by Crippen LogP contribution is -1.91. The third-order valence-corrected chi connectivity index (χ3v) is 11.0. The van der Waals surface area contributed by atoms with Crippen molar-refractivity contribution >= 4 is 11.1 Å². The Labute approximate surface area is 356 Å². The number of hydrogen-bond donors (Lipinski definition) is 0. The Morgan fingerprint density at radius 1 is 0.295 bits per heavy atom. The predicted octanol–water partition coefficient (Wildman–Crippen LogP) is 14.1. The van der Waals surface area contributed by atoms with Crippen LogP contribution in [0.5, 0.6) is 0 Å². The van der Waals surface area contributed by atoms with E-state index in [2.05, 4.69) is 183 Å². The summed E-state index contributed by atoms with van der Waals surface area (Å²) >= 11 is 0. The molecule has 4 nitrogen and oxygen atoms in total. The number of aromatic nitrogens is 4. The molecule has 0 spiro atoms. The van der Waals surface area contributed by atoms with Crippen LogP contribution in [0.25, 0.3) is 89.0 Å². The Kier molecular flexibility index (Phi) is 10.2. The van der Waals surface area contributed by atoms with Gasteiger partial charge in [-0.2, -0.15) is 0 Å². The fourth-order valence-electron chi connectivity index (χ4n) is 7.87. The zero-order chi connectivity index (χ0) is 40.8. The molecule has 0 radical (unpaired) electrons. The topological polar surface area (TPSA) is 51.6 Å². The minimum Gasteiger partial charge on any atom is -0.264 e. The van der Waals surface area contributed by atoms with Crippen molar-refractivity contribution in [2.45, 2.75) is 0 Å². The molecule has 61 heavy (non-hydrogen) atoms. The number of hydrogen-bond acceptors (Lipinski definition) is 4. The second kappa shape index (κ2) is 16.9. The number of rotatable bonds is 9. The Morgan fingerprint density at radius 2 is 0.607 bits per heavy atom. The van der Waals surface area contributed by atoms with Crippen molar-refractivity contribution in [1.82, 2.24) is 19.9 Å². The van der Waals surface area contributed by atoms with Gasteiger partial charge in [0.25, 0.3) is 0 Å². The molecule has 1 aliphatic rings. The molecule has 0 bridgehead atoms. The molecule has 9 aromatic rings. The summed E-state index contributed by atoms with van der Waals surface area (Å²) in [4.78, 5) is 17.6.